The molecule has 1 N–H and O–H groups in total. The van der Waals surface area contributed by atoms with Gasteiger partial charge in [0.2, 0.25) is 5.89 Å². The molecule has 8 heteroatoms. The predicted octanol–water partition coefficient (Wildman–Crippen LogP) is 3.07. The molecule has 0 saturated carbocycles. The number of nitrogens with zero attached hydrogens (tertiary/aromatic N) is 2. The number of benzene rings is 1. The normalized spacial score (nSPS) is 10.9. The Kier molecular flexibility index (Phi) is 5.06. The summed E-state index contributed by atoms with van der Waals surface area (Å²) in [5, 5.41) is 2.64. The minimum Gasteiger partial charge on any atom is -0.452 e. The average molecular weight is 358 g/mol. The second kappa shape index (κ2) is 7.59. The lowest BCUT2D eigenvalue weighted by Crippen LogP contribution is -2.20. The number of carbonyl (C=O) groups is 2. The number of halogens is 1. The number of hydrogen-bond acceptors (Lipinski definition) is 6. The number of rotatable bonds is 5. The molecule has 25 heavy (non-hydrogen) atoms. The highest BCUT2D eigenvalue weighted by molar-refractivity contribution is 6.32. The molecular formula is C17H12ClN3O4. The van der Waals surface area contributed by atoms with E-state index in [1.807, 2.05) is 12.1 Å². The Morgan fingerprint density at radius 3 is 2.88 bits per heavy atom. The fourth-order valence-corrected chi connectivity index (χ4v) is 2.12. The van der Waals surface area contributed by atoms with E-state index >= 15 is 0 Å². The molecule has 0 spiro atoms. The van der Waals surface area contributed by atoms with E-state index in [1.165, 1.54) is 12.3 Å². The van der Waals surface area contributed by atoms with Crippen molar-refractivity contribution in [3.63, 3.8) is 0 Å². The van der Waals surface area contributed by atoms with Gasteiger partial charge in [-0.05, 0) is 24.3 Å². The van der Waals surface area contributed by atoms with Crippen LogP contribution in [0.3, 0.4) is 0 Å². The van der Waals surface area contributed by atoms with Crippen molar-refractivity contribution in [2.75, 3.05) is 11.9 Å². The number of pyridine rings is 1. The molecule has 1 amide bonds. The van der Waals surface area contributed by atoms with Crippen LogP contribution in [0.5, 0.6) is 0 Å². The van der Waals surface area contributed by atoms with Gasteiger partial charge in [-0.2, -0.15) is 0 Å². The minimum absolute atomic E-state index is 0.151. The van der Waals surface area contributed by atoms with Gasteiger partial charge in [-0.3, -0.25) is 4.79 Å². The SMILES string of the molecule is O=C(COC(=O)/C=C/c1nc2ccccc2o1)Nc1cccnc1Cl. The number of anilines is 1. The second-order valence-electron chi connectivity index (χ2n) is 4.85. The maximum Gasteiger partial charge on any atom is 0.331 e. The van der Waals surface area contributed by atoms with E-state index in [1.54, 1.807) is 24.3 Å². The number of fused-ring (bicyclic) bond motifs is 1. The Hall–Kier alpha value is -3.19. The number of esters is 1. The van der Waals surface area contributed by atoms with E-state index in [0.717, 1.165) is 6.08 Å². The van der Waals surface area contributed by atoms with Crippen molar-refractivity contribution < 1.29 is 18.7 Å². The van der Waals surface area contributed by atoms with E-state index in [9.17, 15) is 9.59 Å². The first-order valence-corrected chi connectivity index (χ1v) is 7.60. The fraction of sp³-hybridized carbons (Fsp3) is 0.0588. The topological polar surface area (TPSA) is 94.3 Å². The number of oxazole rings is 1. The molecule has 0 fully saturated rings. The van der Waals surface area contributed by atoms with E-state index in [0.29, 0.717) is 16.8 Å². The van der Waals surface area contributed by atoms with Gasteiger partial charge >= 0.3 is 5.97 Å². The molecule has 3 rings (SSSR count). The monoisotopic (exact) mass is 357 g/mol. The number of nitrogens with one attached hydrogen (secondary N) is 1. The molecule has 0 atom stereocenters. The number of para-hydroxylation sites is 2. The van der Waals surface area contributed by atoms with Crippen LogP contribution in [-0.2, 0) is 14.3 Å². The van der Waals surface area contributed by atoms with E-state index in [-0.39, 0.29) is 11.0 Å². The number of hydrogen-bond donors (Lipinski definition) is 1. The quantitative estimate of drug-likeness (QED) is 0.428. The van der Waals surface area contributed by atoms with E-state index in [2.05, 4.69) is 15.3 Å². The highest BCUT2D eigenvalue weighted by Gasteiger charge is 2.09. The third-order valence-corrected chi connectivity index (χ3v) is 3.35. The molecule has 1 aromatic carbocycles. The third kappa shape index (κ3) is 4.42. The maximum atomic E-state index is 11.7. The van der Waals surface area contributed by atoms with Crippen molar-refractivity contribution in [1.82, 2.24) is 9.97 Å². The summed E-state index contributed by atoms with van der Waals surface area (Å²) < 4.78 is 10.3. The van der Waals surface area contributed by atoms with Gasteiger partial charge < -0.3 is 14.5 Å². The predicted molar refractivity (Wildman–Crippen MR) is 91.9 cm³/mol. The average Bonchev–Trinajstić information content (AvgIpc) is 3.03. The molecule has 0 saturated heterocycles. The van der Waals surface area contributed by atoms with Gasteiger partial charge in [0.15, 0.2) is 17.3 Å². The molecule has 0 bridgehead atoms. The Morgan fingerprint density at radius 2 is 2.08 bits per heavy atom. The summed E-state index contributed by atoms with van der Waals surface area (Å²) in [6.07, 6.45) is 4.00. The molecule has 7 nitrogen and oxygen atoms in total. The van der Waals surface area contributed by atoms with Crippen molar-refractivity contribution in [3.05, 3.63) is 59.7 Å². The van der Waals surface area contributed by atoms with Crippen molar-refractivity contribution >= 4 is 46.3 Å². The Balaban J connectivity index is 1.52. The molecule has 126 valence electrons. The van der Waals surface area contributed by atoms with Gasteiger partial charge in [0.1, 0.15) is 5.52 Å². The zero-order chi connectivity index (χ0) is 17.6. The van der Waals surface area contributed by atoms with Crippen LogP contribution in [0.25, 0.3) is 17.2 Å². The standard InChI is InChI=1S/C17H12ClN3O4/c18-17-12(5-3-9-19-17)20-14(22)10-24-16(23)8-7-15-21-11-4-1-2-6-13(11)25-15/h1-9H,10H2,(H,20,22)/b8-7+. The number of carbonyl (C=O) groups excluding carboxylic acids is 2. The summed E-state index contributed by atoms with van der Waals surface area (Å²) in [6.45, 7) is -0.456. The first-order chi connectivity index (χ1) is 12.1. The number of ether oxygens (including phenoxy) is 1. The molecule has 2 heterocycles. The Morgan fingerprint density at radius 1 is 1.24 bits per heavy atom. The van der Waals surface area contributed by atoms with E-state index < -0.39 is 18.5 Å². The lowest BCUT2D eigenvalue weighted by molar-refractivity contribution is -0.142. The highest BCUT2D eigenvalue weighted by atomic mass is 35.5. The first kappa shape index (κ1) is 16.7. The van der Waals surface area contributed by atoms with Crippen LogP contribution in [-0.4, -0.2) is 28.5 Å². The van der Waals surface area contributed by atoms with Crippen LogP contribution in [0.15, 0.2) is 53.1 Å². The van der Waals surface area contributed by atoms with Crippen molar-refractivity contribution in [2.24, 2.45) is 0 Å². The van der Waals surface area contributed by atoms with Crippen LogP contribution < -0.4 is 5.32 Å². The molecule has 0 aliphatic carbocycles. The number of amides is 1. The van der Waals surface area contributed by atoms with Crippen LogP contribution in [0.2, 0.25) is 5.15 Å². The van der Waals surface area contributed by atoms with Gasteiger partial charge in [-0.1, -0.05) is 23.7 Å². The maximum absolute atomic E-state index is 11.7. The second-order valence-corrected chi connectivity index (χ2v) is 5.21. The smallest absolute Gasteiger partial charge is 0.331 e. The van der Waals surface area contributed by atoms with Crippen molar-refractivity contribution in [1.29, 1.82) is 0 Å². The van der Waals surface area contributed by atoms with Crippen molar-refractivity contribution in [2.45, 2.75) is 0 Å². The molecule has 0 radical (unpaired) electrons. The van der Waals surface area contributed by atoms with Gasteiger partial charge in [0, 0.05) is 18.3 Å². The van der Waals surface area contributed by atoms with Gasteiger partial charge in [-0.15, -0.1) is 0 Å². The zero-order valence-electron chi connectivity index (χ0n) is 12.8. The molecule has 3 aromatic rings. The molecule has 0 aliphatic heterocycles. The van der Waals surface area contributed by atoms with Gasteiger partial charge in [0.25, 0.3) is 5.91 Å². The van der Waals surface area contributed by atoms with Crippen molar-refractivity contribution in [3.8, 4) is 0 Å². The minimum atomic E-state index is -0.699. The summed E-state index contributed by atoms with van der Waals surface area (Å²) in [7, 11) is 0. The summed E-state index contributed by atoms with van der Waals surface area (Å²) in [6, 6.07) is 10.4. The molecule has 0 aliphatic rings. The fourth-order valence-electron chi connectivity index (χ4n) is 1.95. The Labute approximate surface area is 147 Å². The third-order valence-electron chi connectivity index (χ3n) is 3.05. The lowest BCUT2D eigenvalue weighted by atomic mass is 10.3. The largest absolute Gasteiger partial charge is 0.452 e. The molecule has 2 aromatic heterocycles. The van der Waals surface area contributed by atoms with Crippen LogP contribution >= 0.6 is 11.6 Å². The highest BCUT2D eigenvalue weighted by Crippen LogP contribution is 2.17. The van der Waals surface area contributed by atoms with Gasteiger partial charge in [-0.25, -0.2) is 14.8 Å². The first-order valence-electron chi connectivity index (χ1n) is 7.22. The summed E-state index contributed by atoms with van der Waals surface area (Å²) in [5.74, 6) is -0.960. The molecular weight excluding hydrogens is 346 g/mol. The van der Waals surface area contributed by atoms with E-state index in [4.69, 9.17) is 20.8 Å². The van der Waals surface area contributed by atoms with Crippen LogP contribution in [0, 0.1) is 0 Å². The van der Waals surface area contributed by atoms with Crippen LogP contribution in [0.4, 0.5) is 5.69 Å². The van der Waals surface area contributed by atoms with Crippen LogP contribution in [0.1, 0.15) is 5.89 Å². The lowest BCUT2D eigenvalue weighted by Gasteiger charge is -2.05. The number of aromatic nitrogens is 2. The summed E-state index contributed by atoms with van der Waals surface area (Å²) >= 11 is 5.82. The zero-order valence-corrected chi connectivity index (χ0v) is 13.6. The Bertz CT molecular complexity index is 919. The van der Waals surface area contributed by atoms with Gasteiger partial charge in [0.05, 0.1) is 5.69 Å². The summed E-state index contributed by atoms with van der Waals surface area (Å²) in [5.41, 5.74) is 1.64. The molecule has 0 unspecified atom stereocenters. The summed E-state index contributed by atoms with van der Waals surface area (Å²) in [4.78, 5) is 31.4.